The molecule has 214 valence electrons. The van der Waals surface area contributed by atoms with Gasteiger partial charge in [0.15, 0.2) is 11.5 Å². The normalized spacial score (nSPS) is 11.3. The Kier molecular flexibility index (Phi) is 8.51. The van der Waals surface area contributed by atoms with Crippen molar-refractivity contribution in [3.8, 4) is 11.5 Å². The molecule has 0 saturated carbocycles. The van der Waals surface area contributed by atoms with Crippen molar-refractivity contribution in [2.45, 2.75) is 0 Å². The zero-order valence-electron chi connectivity index (χ0n) is 23.0. The summed E-state index contributed by atoms with van der Waals surface area (Å²) in [7, 11) is -2.30. The number of phenolic OH excluding ortho intramolecular Hbond substituents is 1. The van der Waals surface area contributed by atoms with Crippen molar-refractivity contribution in [3.63, 3.8) is 0 Å². The fraction of sp³-hybridized carbons (Fsp3) is 0. The summed E-state index contributed by atoms with van der Waals surface area (Å²) in [6.07, 6.45) is 0. The minimum atomic E-state index is -2.30. The van der Waals surface area contributed by atoms with E-state index in [2.05, 4.69) is 121 Å². The zero-order chi connectivity index (χ0) is 30.4. The number of aromatic carboxylic acids is 2. The number of carbonyl (C=O) groups is 2. The molecule has 6 aromatic rings. The van der Waals surface area contributed by atoms with Gasteiger partial charge in [0.1, 0.15) is 5.56 Å². The monoisotopic (exact) mass is 588 g/mol. The van der Waals surface area contributed by atoms with E-state index in [1.165, 1.54) is 39.4 Å². The van der Waals surface area contributed by atoms with Crippen molar-refractivity contribution < 1.29 is 30.0 Å². The summed E-state index contributed by atoms with van der Waals surface area (Å²) in [5, 5.41) is 42.8. The first kappa shape index (κ1) is 29.1. The van der Waals surface area contributed by atoms with Gasteiger partial charge in [0.25, 0.3) is 0 Å². The average molecular weight is 589 g/mol. The summed E-state index contributed by atoms with van der Waals surface area (Å²) in [6, 6.07) is 49.2. The molecule has 0 aliphatic carbocycles. The van der Waals surface area contributed by atoms with Gasteiger partial charge in [0, 0.05) is 5.39 Å². The van der Waals surface area contributed by atoms with Gasteiger partial charge in [0.2, 0.25) is 0 Å². The molecule has 0 spiro atoms. The molecule has 4 N–H and O–H groups in total. The summed E-state index contributed by atoms with van der Waals surface area (Å²) in [5.41, 5.74) is -0.872. The van der Waals surface area contributed by atoms with Crippen LogP contribution in [-0.2, 0) is 0 Å². The van der Waals surface area contributed by atoms with Crippen molar-refractivity contribution >= 4 is 51.2 Å². The van der Waals surface area contributed by atoms with E-state index in [-0.39, 0.29) is 16.3 Å². The van der Waals surface area contributed by atoms with Crippen LogP contribution in [-0.4, -0.2) is 32.4 Å². The third kappa shape index (κ3) is 5.56. The number of carboxylic acid groups (broad SMARTS) is 2. The van der Waals surface area contributed by atoms with E-state index in [0.29, 0.717) is 0 Å². The number of hydrogen-bond donors (Lipinski definition) is 4. The van der Waals surface area contributed by atoms with Crippen LogP contribution >= 0.6 is 7.26 Å². The number of carboxylic acids is 2. The summed E-state index contributed by atoms with van der Waals surface area (Å²) >= 11 is 0. The Morgan fingerprint density at radius 3 is 1.23 bits per heavy atom. The van der Waals surface area contributed by atoms with Crippen LogP contribution in [0.15, 0.2) is 146 Å². The van der Waals surface area contributed by atoms with E-state index in [0.717, 1.165) is 6.07 Å². The van der Waals surface area contributed by atoms with Crippen LogP contribution in [0.4, 0.5) is 0 Å². The van der Waals surface area contributed by atoms with Crippen molar-refractivity contribution in [2.24, 2.45) is 0 Å². The Balaban J connectivity index is 0.000000181. The molecule has 0 aliphatic heterocycles. The number of benzene rings is 6. The molecule has 0 bridgehead atoms. The fourth-order valence-corrected chi connectivity index (χ4v) is 10.3. The number of rotatable bonds is 6. The first-order chi connectivity index (χ1) is 20.9. The molecule has 6 rings (SSSR count). The molecular formula is C36H29O6P. The van der Waals surface area contributed by atoms with Gasteiger partial charge in [-0.05, 0) is 17.5 Å². The Bertz CT molecular complexity index is 1710. The van der Waals surface area contributed by atoms with Gasteiger partial charge >= 0.3 is 162 Å². The molecular weight excluding hydrogens is 559 g/mol. The van der Waals surface area contributed by atoms with Crippen LogP contribution in [0.1, 0.15) is 20.7 Å². The maximum atomic E-state index is 11.1. The second-order valence-corrected chi connectivity index (χ2v) is 13.7. The molecule has 0 unspecified atom stereocenters. The number of aromatic hydroxyl groups is 2. The van der Waals surface area contributed by atoms with Gasteiger partial charge in [-0.2, -0.15) is 0 Å². The Hall–Kier alpha value is -5.45. The molecule has 0 aromatic heterocycles. The molecule has 43 heavy (non-hydrogen) atoms. The van der Waals surface area contributed by atoms with Gasteiger partial charge in [0.05, 0.1) is 5.56 Å². The van der Waals surface area contributed by atoms with Gasteiger partial charge in [-0.25, -0.2) is 9.59 Å². The summed E-state index contributed by atoms with van der Waals surface area (Å²) < 4.78 is 0. The first-order valence-electron chi connectivity index (χ1n) is 13.5. The third-order valence-electron chi connectivity index (χ3n) is 7.39. The Morgan fingerprint density at radius 2 is 0.884 bits per heavy atom. The van der Waals surface area contributed by atoms with E-state index in [4.69, 9.17) is 10.2 Å². The minimum absolute atomic E-state index is 0.118. The van der Waals surface area contributed by atoms with Crippen LogP contribution in [0.3, 0.4) is 0 Å². The van der Waals surface area contributed by atoms with E-state index in [1.807, 2.05) is 0 Å². The van der Waals surface area contributed by atoms with Gasteiger partial charge in [-0.1, -0.05) is 12.1 Å². The van der Waals surface area contributed by atoms with Crippen LogP contribution in [0.25, 0.3) is 10.8 Å². The van der Waals surface area contributed by atoms with E-state index in [9.17, 15) is 19.8 Å². The fourth-order valence-electron chi connectivity index (χ4n) is 5.57. The molecule has 0 atom stereocenters. The summed E-state index contributed by atoms with van der Waals surface area (Å²) in [4.78, 5) is 22.1. The molecule has 6 nitrogen and oxygen atoms in total. The van der Waals surface area contributed by atoms with Gasteiger partial charge < -0.3 is 20.4 Å². The van der Waals surface area contributed by atoms with Crippen molar-refractivity contribution in [2.75, 3.05) is 0 Å². The average Bonchev–Trinajstić information content (AvgIpc) is 3.04. The number of hydrogen-bond acceptors (Lipinski definition) is 4. The van der Waals surface area contributed by atoms with Crippen LogP contribution < -0.4 is 21.2 Å². The SMILES string of the molecule is O=C(O)c1cccc2cc(O)c(O)c(C(=O)O)c12.c1ccc([PH](c2ccccc2)(c2ccccc2)c2ccccc2)cc1. The second-order valence-electron chi connectivity index (χ2n) is 9.85. The van der Waals surface area contributed by atoms with Gasteiger partial charge in [-0.3, -0.25) is 0 Å². The van der Waals surface area contributed by atoms with Gasteiger partial charge in [-0.15, -0.1) is 0 Å². The topological polar surface area (TPSA) is 115 Å². The third-order valence-corrected chi connectivity index (χ3v) is 12.2. The molecule has 0 heterocycles. The second kappa shape index (κ2) is 12.6. The van der Waals surface area contributed by atoms with Crippen LogP contribution in [0, 0.1) is 0 Å². The molecule has 0 aliphatic rings. The standard InChI is InChI=1S/C24H21P.C12H8O6/c1-5-13-21(14-6-1)25(22-15-7-2-8-16-22,23-17-9-3-10-18-23)24-19-11-4-12-20-24;13-7-4-5-2-1-3-6(11(15)16)8(5)9(10(7)14)12(17)18/h1-20,25H;1-4,13-14H,(H,15,16)(H,17,18). The van der Waals surface area contributed by atoms with Crippen molar-refractivity contribution in [1.82, 2.24) is 0 Å². The zero-order valence-corrected chi connectivity index (χ0v) is 24.0. The molecule has 0 radical (unpaired) electrons. The summed E-state index contributed by atoms with van der Waals surface area (Å²) in [5.74, 6) is -4.28. The first-order valence-corrected chi connectivity index (χ1v) is 15.5. The predicted octanol–water partition coefficient (Wildman–Crippen LogP) is 5.69. The molecule has 0 fully saturated rings. The predicted molar refractivity (Wildman–Crippen MR) is 174 cm³/mol. The molecule has 7 heteroatoms. The molecule has 6 aromatic carbocycles. The maximum absolute atomic E-state index is 11.1. The van der Waals surface area contributed by atoms with E-state index in [1.54, 1.807) is 0 Å². The summed E-state index contributed by atoms with van der Waals surface area (Å²) in [6.45, 7) is 0. The Morgan fingerprint density at radius 1 is 0.488 bits per heavy atom. The number of phenols is 2. The van der Waals surface area contributed by atoms with E-state index >= 15 is 0 Å². The van der Waals surface area contributed by atoms with Crippen LogP contribution in [0.2, 0.25) is 0 Å². The van der Waals surface area contributed by atoms with Crippen LogP contribution in [0.5, 0.6) is 11.5 Å². The molecule has 0 amide bonds. The number of fused-ring (bicyclic) bond motifs is 1. The Labute approximate surface area is 249 Å². The quantitative estimate of drug-likeness (QED) is 0.147. The van der Waals surface area contributed by atoms with Crippen molar-refractivity contribution in [3.05, 3.63) is 157 Å². The molecule has 0 saturated heterocycles. The van der Waals surface area contributed by atoms with E-state index < -0.39 is 36.3 Å². The van der Waals surface area contributed by atoms with Crippen molar-refractivity contribution in [1.29, 1.82) is 0 Å².